The van der Waals surface area contributed by atoms with E-state index in [1.807, 2.05) is 30.3 Å². The van der Waals surface area contributed by atoms with E-state index in [1.54, 1.807) is 0 Å². The summed E-state index contributed by atoms with van der Waals surface area (Å²) in [4.78, 5) is 0. The molecule has 22 heavy (non-hydrogen) atoms. The van der Waals surface area contributed by atoms with Crippen LogP contribution in [-0.2, 0) is 0 Å². The molecule has 0 bridgehead atoms. The molecule has 1 radical (unpaired) electrons. The smallest absolute Gasteiger partial charge is 0.145 e. The van der Waals surface area contributed by atoms with Gasteiger partial charge in [-0.2, -0.15) is 0 Å². The van der Waals surface area contributed by atoms with Crippen molar-refractivity contribution in [2.75, 3.05) is 0 Å². The van der Waals surface area contributed by atoms with Gasteiger partial charge >= 0.3 is 0 Å². The van der Waals surface area contributed by atoms with Gasteiger partial charge in [-0.1, -0.05) is 77.5 Å². The molecule has 1 aromatic carbocycles. The van der Waals surface area contributed by atoms with Crippen LogP contribution < -0.4 is 4.74 Å². The monoisotopic (exact) mass is 303 g/mol. The third kappa shape index (κ3) is 9.12. The maximum atomic E-state index is 5.85. The Bertz CT molecular complexity index is 359. The van der Waals surface area contributed by atoms with Crippen LogP contribution >= 0.6 is 0 Å². The highest BCUT2D eigenvalue weighted by molar-refractivity contribution is 5.22. The van der Waals surface area contributed by atoms with Crippen LogP contribution in [0.1, 0.15) is 79.1 Å². The average Bonchev–Trinajstić information content (AvgIpc) is 2.48. The lowest BCUT2D eigenvalue weighted by Gasteiger charge is -2.16. The lowest BCUT2D eigenvalue weighted by molar-refractivity contribution is 0.304. The minimum Gasteiger partial charge on any atom is -0.483 e. The van der Waals surface area contributed by atoms with Crippen LogP contribution in [0.15, 0.2) is 30.3 Å². The molecule has 1 heteroatoms. The molecule has 125 valence electrons. The van der Waals surface area contributed by atoms with Crippen LogP contribution in [0.5, 0.6) is 5.75 Å². The number of para-hydroxylation sites is 1. The highest BCUT2D eigenvalue weighted by Gasteiger charge is 2.08. The lowest BCUT2D eigenvalue weighted by Crippen LogP contribution is -2.04. The molecule has 0 heterocycles. The van der Waals surface area contributed by atoms with Crippen molar-refractivity contribution in [3.05, 3.63) is 36.4 Å². The van der Waals surface area contributed by atoms with Crippen molar-refractivity contribution < 1.29 is 4.74 Å². The predicted octanol–water partition coefficient (Wildman–Crippen LogP) is 7.03. The maximum absolute atomic E-state index is 5.85. The van der Waals surface area contributed by atoms with Crippen LogP contribution in [-0.4, -0.2) is 0 Å². The van der Waals surface area contributed by atoms with E-state index in [0.717, 1.165) is 30.1 Å². The first-order valence-electron chi connectivity index (χ1n) is 9.17. The van der Waals surface area contributed by atoms with Crippen LogP contribution in [0.2, 0.25) is 0 Å². The first-order chi connectivity index (χ1) is 10.6. The number of ether oxygens (including phenoxy) is 1. The molecule has 0 aliphatic heterocycles. The molecule has 1 aromatic rings. The summed E-state index contributed by atoms with van der Waals surface area (Å²) in [5, 5.41) is 0. The normalized spacial score (nSPS) is 14.0. The van der Waals surface area contributed by atoms with Gasteiger partial charge in [-0.3, -0.25) is 0 Å². The zero-order chi connectivity index (χ0) is 16.2. The second-order valence-corrected chi connectivity index (χ2v) is 6.94. The van der Waals surface area contributed by atoms with Crippen molar-refractivity contribution in [1.82, 2.24) is 0 Å². The number of rotatable bonds is 12. The Morgan fingerprint density at radius 2 is 1.50 bits per heavy atom. The highest BCUT2D eigenvalue weighted by Crippen LogP contribution is 2.22. The quantitative estimate of drug-likeness (QED) is 0.402. The van der Waals surface area contributed by atoms with E-state index in [0.29, 0.717) is 0 Å². The van der Waals surface area contributed by atoms with Gasteiger partial charge < -0.3 is 4.74 Å². The standard InChI is InChI=1S/C21H35O/c1-5-11-18(2)12-9-13-19(3)14-10-15-20(4)22-21-16-7-6-8-17-21/h6-8,16-19H,5,9-15H2,1-4H3. The highest BCUT2D eigenvalue weighted by atomic mass is 16.5. The van der Waals surface area contributed by atoms with Gasteiger partial charge in [0, 0.05) is 0 Å². The Kier molecular flexibility index (Phi) is 10.0. The molecule has 0 aromatic heterocycles. The van der Waals surface area contributed by atoms with Crippen molar-refractivity contribution in [2.24, 2.45) is 11.8 Å². The molecule has 0 saturated carbocycles. The van der Waals surface area contributed by atoms with Crippen LogP contribution in [0.4, 0.5) is 0 Å². The summed E-state index contributed by atoms with van der Waals surface area (Å²) < 4.78 is 5.85. The molecule has 0 N–H and O–H groups in total. The third-order valence-corrected chi connectivity index (χ3v) is 4.44. The molecule has 1 rings (SSSR count). The van der Waals surface area contributed by atoms with E-state index < -0.39 is 0 Å². The lowest BCUT2D eigenvalue weighted by atomic mass is 9.93. The minimum absolute atomic E-state index is 0.846. The van der Waals surface area contributed by atoms with E-state index in [2.05, 4.69) is 27.7 Å². The molecule has 0 aliphatic carbocycles. The molecule has 0 spiro atoms. The van der Waals surface area contributed by atoms with Crippen LogP contribution in [0, 0.1) is 17.9 Å². The van der Waals surface area contributed by atoms with E-state index in [1.165, 1.54) is 44.9 Å². The topological polar surface area (TPSA) is 9.23 Å². The Morgan fingerprint density at radius 3 is 2.14 bits per heavy atom. The molecule has 0 fully saturated rings. The summed E-state index contributed by atoms with van der Waals surface area (Å²) in [6.45, 7) is 9.19. The fraction of sp³-hybridized carbons (Fsp3) is 0.667. The summed E-state index contributed by atoms with van der Waals surface area (Å²) in [5.41, 5.74) is 0. The second kappa shape index (κ2) is 11.6. The number of hydrogen-bond donors (Lipinski definition) is 0. The van der Waals surface area contributed by atoms with Gasteiger partial charge in [-0.25, -0.2) is 0 Å². The molecule has 0 amide bonds. The van der Waals surface area contributed by atoms with E-state index in [9.17, 15) is 0 Å². The van der Waals surface area contributed by atoms with Gasteiger partial charge in [0.25, 0.3) is 0 Å². The van der Waals surface area contributed by atoms with Crippen molar-refractivity contribution >= 4 is 0 Å². The van der Waals surface area contributed by atoms with Gasteiger partial charge in [0.15, 0.2) is 0 Å². The predicted molar refractivity (Wildman–Crippen MR) is 96.9 cm³/mol. The van der Waals surface area contributed by atoms with Gasteiger partial charge in [0.05, 0.1) is 0 Å². The van der Waals surface area contributed by atoms with Gasteiger partial charge in [-0.15, -0.1) is 0 Å². The van der Waals surface area contributed by atoms with E-state index in [-0.39, 0.29) is 0 Å². The van der Waals surface area contributed by atoms with E-state index in [4.69, 9.17) is 4.74 Å². The minimum atomic E-state index is 0.846. The maximum Gasteiger partial charge on any atom is 0.145 e. The first-order valence-corrected chi connectivity index (χ1v) is 9.17. The summed E-state index contributed by atoms with van der Waals surface area (Å²) in [5.74, 6) is 2.71. The fourth-order valence-corrected chi connectivity index (χ4v) is 3.04. The molecule has 2 unspecified atom stereocenters. The molecule has 0 aliphatic rings. The summed E-state index contributed by atoms with van der Waals surface area (Å²) in [6, 6.07) is 10.1. The van der Waals surface area contributed by atoms with Crippen molar-refractivity contribution in [3.8, 4) is 5.75 Å². The van der Waals surface area contributed by atoms with Crippen molar-refractivity contribution in [2.45, 2.75) is 79.1 Å². The zero-order valence-electron chi connectivity index (χ0n) is 15.1. The first kappa shape index (κ1) is 19.1. The Labute approximate surface area is 138 Å². The van der Waals surface area contributed by atoms with Crippen LogP contribution in [0.25, 0.3) is 0 Å². The van der Waals surface area contributed by atoms with Gasteiger partial charge in [0.1, 0.15) is 11.9 Å². The van der Waals surface area contributed by atoms with Crippen molar-refractivity contribution in [1.29, 1.82) is 0 Å². The SMILES string of the molecule is CCCC(C)CCCC(C)CCC[C](C)Oc1ccccc1. The summed E-state index contributed by atoms with van der Waals surface area (Å²) in [6.07, 6.45) is 11.7. The number of hydrogen-bond acceptors (Lipinski definition) is 1. The Balaban J connectivity index is 2.05. The summed E-state index contributed by atoms with van der Waals surface area (Å²) in [7, 11) is 0. The van der Waals surface area contributed by atoms with Gasteiger partial charge in [-0.05, 0) is 43.7 Å². The van der Waals surface area contributed by atoms with E-state index >= 15 is 0 Å². The largest absolute Gasteiger partial charge is 0.483 e. The van der Waals surface area contributed by atoms with Gasteiger partial charge in [0.2, 0.25) is 0 Å². The average molecular weight is 304 g/mol. The molecular formula is C21H35O. The second-order valence-electron chi connectivity index (χ2n) is 6.94. The summed E-state index contributed by atoms with van der Waals surface area (Å²) >= 11 is 0. The molecule has 0 saturated heterocycles. The molecular weight excluding hydrogens is 268 g/mol. The zero-order valence-corrected chi connectivity index (χ0v) is 15.1. The Hall–Kier alpha value is -0.980. The molecule has 1 nitrogen and oxygen atoms in total. The van der Waals surface area contributed by atoms with Crippen LogP contribution in [0.3, 0.4) is 0 Å². The number of benzene rings is 1. The third-order valence-electron chi connectivity index (χ3n) is 4.44. The molecule has 2 atom stereocenters. The van der Waals surface area contributed by atoms with Crippen molar-refractivity contribution in [3.63, 3.8) is 0 Å². The Morgan fingerprint density at radius 1 is 0.909 bits per heavy atom. The fourth-order valence-electron chi connectivity index (χ4n) is 3.04.